The van der Waals surface area contributed by atoms with E-state index < -0.39 is 32.4 Å². The summed E-state index contributed by atoms with van der Waals surface area (Å²) in [5.74, 6) is 0.120. The van der Waals surface area contributed by atoms with Crippen molar-refractivity contribution in [2.75, 3.05) is 6.61 Å². The summed E-state index contributed by atoms with van der Waals surface area (Å²) < 4.78 is 39.4. The number of aliphatic hydroxyl groups is 1. The van der Waals surface area contributed by atoms with E-state index in [1.54, 1.807) is 20.8 Å². The van der Waals surface area contributed by atoms with Gasteiger partial charge in [-0.2, -0.15) is 0 Å². The van der Waals surface area contributed by atoms with E-state index in [2.05, 4.69) is 57.9 Å². The number of allylic oxidation sites excluding steroid dienone is 5. The molecular weight excluding hydrogens is 936 g/mol. The van der Waals surface area contributed by atoms with Crippen LogP contribution in [0.25, 0.3) is 0 Å². The molecule has 2 aliphatic carbocycles. The second-order valence-electron chi connectivity index (χ2n) is 18.6. The molecule has 378 valence electrons. The standard InChI is InChI=1S/C25H34O5.C25H34O4.C4H10O2.O2Se/c1-6-7-8-9-20-13-23(29-18(4)27)25(24(14-20)30-19(5)28)22-12-16(2)10-11-21(22)17(3)15-26;1-7-8-9-10-20-14-23(28-18(5)26)25(24(15-20)29-19(6)27)22-13-17(4)11-12-21(22)16(2)3;1-4(2,3)6-5;1-3-2/h12-14,21-22,26H,3,6-11,15H2,1-2,4-5H3;13-15,21-22H,2,7-12H2,1,3-6H3;5H,1-3H3;/t2*21-,22?;;/m00../s1. The van der Waals surface area contributed by atoms with E-state index in [1.807, 2.05) is 31.2 Å². The molecule has 0 fully saturated rings. The molecule has 2 aromatic rings. The Balaban J connectivity index is 0.000000577. The Bertz CT molecular complexity index is 2050. The van der Waals surface area contributed by atoms with Crippen LogP contribution in [0.15, 0.2) is 71.9 Å². The van der Waals surface area contributed by atoms with Crippen LogP contribution >= 0.6 is 0 Å². The number of esters is 4. The molecule has 0 amide bonds. The number of hydrogen-bond donors (Lipinski definition) is 2. The van der Waals surface area contributed by atoms with E-state index in [0.717, 1.165) is 105 Å². The predicted molar refractivity (Wildman–Crippen MR) is 265 cm³/mol. The van der Waals surface area contributed by atoms with E-state index >= 15 is 0 Å². The molecule has 2 aliphatic rings. The number of benzene rings is 2. The summed E-state index contributed by atoms with van der Waals surface area (Å²) in [6.45, 7) is 29.5. The van der Waals surface area contributed by atoms with Crippen molar-refractivity contribution in [3.05, 3.63) is 94.1 Å². The van der Waals surface area contributed by atoms with Gasteiger partial charge < -0.3 is 24.1 Å². The van der Waals surface area contributed by atoms with Crippen molar-refractivity contribution in [2.24, 2.45) is 11.8 Å². The Morgan fingerprint density at radius 2 is 0.941 bits per heavy atom. The van der Waals surface area contributed by atoms with Crippen molar-refractivity contribution >= 4 is 38.7 Å². The number of carbonyl (C=O) groups is 4. The zero-order valence-corrected chi connectivity index (χ0v) is 44.4. The van der Waals surface area contributed by atoms with Gasteiger partial charge in [0.05, 0.1) is 12.2 Å². The third kappa shape index (κ3) is 22.1. The van der Waals surface area contributed by atoms with Crippen molar-refractivity contribution in [3.8, 4) is 23.0 Å². The van der Waals surface area contributed by atoms with Crippen LogP contribution in [0.4, 0.5) is 0 Å². The number of hydrogen-bond acceptors (Lipinski definition) is 13. The number of rotatable bonds is 17. The fourth-order valence-electron chi connectivity index (χ4n) is 8.21. The summed E-state index contributed by atoms with van der Waals surface area (Å²) in [5.41, 5.74) is 7.29. The SMILES string of the molecule is C=C(C)[C@@H]1CCC(C)=CC1c1c(OC(C)=O)cc(CCCCC)cc1OC(C)=O.C=C(CO)[C@@H]1CCC(C)=CC1c1c(OC(C)=O)cc(CCCCC)cc1OC(C)=O.CC(C)(C)OO.O=[Se]=O. The fourth-order valence-corrected chi connectivity index (χ4v) is 8.21. The molecule has 14 heteroatoms. The first kappa shape index (κ1) is 61.3. The van der Waals surface area contributed by atoms with Gasteiger partial charge in [-0.3, -0.25) is 24.4 Å². The van der Waals surface area contributed by atoms with Gasteiger partial charge in [-0.15, -0.1) is 0 Å². The Labute approximate surface area is 411 Å². The molecule has 0 saturated carbocycles. The second-order valence-corrected chi connectivity index (χ2v) is 18.9. The minimum atomic E-state index is -1.62. The Morgan fingerprint density at radius 1 is 0.632 bits per heavy atom. The van der Waals surface area contributed by atoms with Crippen LogP contribution in [0.5, 0.6) is 23.0 Å². The molecule has 13 nitrogen and oxygen atoms in total. The Hall–Kier alpha value is -4.72. The van der Waals surface area contributed by atoms with E-state index in [0.29, 0.717) is 28.6 Å². The van der Waals surface area contributed by atoms with E-state index in [1.165, 1.54) is 38.8 Å². The van der Waals surface area contributed by atoms with Crippen LogP contribution < -0.4 is 18.9 Å². The molecule has 0 radical (unpaired) electrons. The Morgan fingerprint density at radius 3 is 1.21 bits per heavy atom. The van der Waals surface area contributed by atoms with Crippen LogP contribution in [-0.4, -0.2) is 61.3 Å². The maximum atomic E-state index is 11.9. The molecule has 2 aromatic carbocycles. The van der Waals surface area contributed by atoms with Gasteiger partial charge in [0, 0.05) is 50.7 Å². The fraction of sp³-hybridized carbons (Fsp3) is 0.556. The van der Waals surface area contributed by atoms with Gasteiger partial charge in [0.25, 0.3) is 0 Å². The maximum absolute atomic E-state index is 11.9. The van der Waals surface area contributed by atoms with Crippen LogP contribution in [0.3, 0.4) is 0 Å². The third-order valence-electron chi connectivity index (χ3n) is 11.3. The first-order chi connectivity index (χ1) is 32.0. The number of unbranched alkanes of at least 4 members (excludes halogenated alkanes) is 4. The van der Waals surface area contributed by atoms with Gasteiger partial charge in [-0.05, 0) is 146 Å². The molecule has 0 bridgehead atoms. The van der Waals surface area contributed by atoms with Gasteiger partial charge in [0.2, 0.25) is 0 Å². The zero-order chi connectivity index (χ0) is 51.7. The molecule has 0 spiro atoms. The molecule has 4 atom stereocenters. The van der Waals surface area contributed by atoms with Gasteiger partial charge in [-0.1, -0.05) is 81.6 Å². The molecule has 0 aliphatic heterocycles. The molecule has 2 unspecified atom stereocenters. The number of ether oxygens (including phenoxy) is 4. The average molecular weight is 1010 g/mol. The molecule has 0 heterocycles. The number of carbonyl (C=O) groups excluding carboxylic acids is 4. The third-order valence-corrected chi connectivity index (χ3v) is 11.3. The predicted octanol–water partition coefficient (Wildman–Crippen LogP) is 12.2. The minimum absolute atomic E-state index is 0.0340. The number of aliphatic hydroxyl groups excluding tert-OH is 1. The molecule has 0 aromatic heterocycles. The van der Waals surface area contributed by atoms with E-state index in [4.69, 9.17) is 31.9 Å². The molecule has 0 saturated heterocycles. The molecule has 2 N–H and O–H groups in total. The monoisotopic (exact) mass is 1010 g/mol. The van der Waals surface area contributed by atoms with Crippen LogP contribution in [0.1, 0.15) is 181 Å². The second kappa shape index (κ2) is 31.4. The number of aryl methyl sites for hydroxylation is 2. The van der Waals surface area contributed by atoms with Crippen molar-refractivity contribution < 1.29 is 61.0 Å². The van der Waals surface area contributed by atoms with Crippen molar-refractivity contribution in [1.29, 1.82) is 0 Å². The zero-order valence-electron chi connectivity index (χ0n) is 42.7. The topological polar surface area (TPSA) is 189 Å². The van der Waals surface area contributed by atoms with Gasteiger partial charge in [0.15, 0.2) is 0 Å². The van der Waals surface area contributed by atoms with Crippen LogP contribution in [0.2, 0.25) is 0 Å². The van der Waals surface area contributed by atoms with E-state index in [-0.39, 0.29) is 42.2 Å². The molecule has 68 heavy (non-hydrogen) atoms. The summed E-state index contributed by atoms with van der Waals surface area (Å²) in [5, 5.41) is 17.6. The van der Waals surface area contributed by atoms with Crippen LogP contribution in [0, 0.1) is 11.8 Å². The molecular formula is C54H78O13Se. The van der Waals surface area contributed by atoms with Crippen molar-refractivity contribution in [2.45, 2.75) is 178 Å². The van der Waals surface area contributed by atoms with Crippen molar-refractivity contribution in [3.63, 3.8) is 0 Å². The first-order valence-corrected chi connectivity index (χ1v) is 25.0. The van der Waals surface area contributed by atoms with Gasteiger partial charge >= 0.3 is 46.4 Å². The normalized spacial score (nSPS) is 17.4. The molecule has 4 rings (SSSR count). The van der Waals surface area contributed by atoms with Gasteiger partial charge in [-0.25, -0.2) is 4.89 Å². The summed E-state index contributed by atoms with van der Waals surface area (Å²) in [4.78, 5) is 51.5. The summed E-state index contributed by atoms with van der Waals surface area (Å²) in [6, 6.07) is 7.64. The summed E-state index contributed by atoms with van der Waals surface area (Å²) >= 11 is -1.62. The summed E-state index contributed by atoms with van der Waals surface area (Å²) in [7, 11) is 0. The van der Waals surface area contributed by atoms with Crippen LogP contribution in [-0.2, 0) is 44.6 Å². The summed E-state index contributed by atoms with van der Waals surface area (Å²) in [6.07, 6.45) is 16.2. The first-order valence-electron chi connectivity index (χ1n) is 23.6. The quantitative estimate of drug-likeness (QED) is 0.0290. The van der Waals surface area contributed by atoms with Gasteiger partial charge in [0.1, 0.15) is 23.0 Å². The average Bonchev–Trinajstić information content (AvgIpc) is 3.23. The Kier molecular flexibility index (Phi) is 28.3. The van der Waals surface area contributed by atoms with Crippen molar-refractivity contribution in [1.82, 2.24) is 0 Å². The van der Waals surface area contributed by atoms with E-state index in [9.17, 15) is 24.3 Å².